The predicted octanol–water partition coefficient (Wildman–Crippen LogP) is 3.64. The maximum atomic E-state index is 13.6. The van der Waals surface area contributed by atoms with Crippen LogP contribution in [0.3, 0.4) is 0 Å². The lowest BCUT2D eigenvalue weighted by molar-refractivity contribution is -0.185. The number of amides is 2. The van der Waals surface area contributed by atoms with Crippen molar-refractivity contribution < 1.29 is 23.6 Å². The predicted molar refractivity (Wildman–Crippen MR) is 121 cm³/mol. The molecule has 0 aromatic heterocycles. The molecule has 6 aliphatic rings. The van der Waals surface area contributed by atoms with Crippen LogP contribution >= 0.6 is 0 Å². The van der Waals surface area contributed by atoms with Crippen molar-refractivity contribution in [1.29, 1.82) is 0 Å². The zero-order valence-corrected chi connectivity index (χ0v) is 20.6. The Morgan fingerprint density at radius 1 is 1.06 bits per heavy atom. The number of likely N-dealkylation sites (tertiary alicyclic amines) is 2. The van der Waals surface area contributed by atoms with E-state index in [2.05, 4.69) is 20.8 Å². The van der Waals surface area contributed by atoms with Gasteiger partial charge in [0.1, 0.15) is 11.6 Å². The monoisotopic (exact) mass is 446 g/mol. The Kier molecular flexibility index (Phi) is 5.18. The third-order valence-electron chi connectivity index (χ3n) is 8.89. The topological polar surface area (TPSA) is 68.3 Å². The van der Waals surface area contributed by atoms with Gasteiger partial charge in [-0.2, -0.15) is 0 Å². The number of rotatable bonds is 2. The largest absolute Gasteiger partial charge is 0.481 e. The molecule has 0 unspecified atom stereocenters. The summed E-state index contributed by atoms with van der Waals surface area (Å²) < 4.78 is 18.8. The number of hydrogen-bond donors (Lipinski definition) is 0. The zero-order valence-electron chi connectivity index (χ0n) is 20.6. The Balaban J connectivity index is 1.29. The van der Waals surface area contributed by atoms with Gasteiger partial charge in [-0.1, -0.05) is 13.8 Å². The van der Waals surface area contributed by atoms with E-state index in [1.807, 2.05) is 25.7 Å². The molecule has 3 heterocycles. The van der Waals surface area contributed by atoms with Crippen molar-refractivity contribution in [2.75, 3.05) is 13.1 Å². The van der Waals surface area contributed by atoms with E-state index in [1.54, 1.807) is 4.90 Å². The lowest BCUT2D eigenvalue weighted by Crippen LogP contribution is -2.63. The van der Waals surface area contributed by atoms with E-state index in [0.29, 0.717) is 36.8 Å². The summed E-state index contributed by atoms with van der Waals surface area (Å²) in [6.07, 6.45) is 5.31. The average Bonchev–Trinajstić information content (AvgIpc) is 3.42. The Hall–Kier alpha value is -1.28. The van der Waals surface area contributed by atoms with Gasteiger partial charge in [0, 0.05) is 13.1 Å². The fourth-order valence-corrected chi connectivity index (χ4v) is 7.01. The molecular weight excluding hydrogens is 407 g/mol. The summed E-state index contributed by atoms with van der Waals surface area (Å²) in [4.78, 5) is 29.9. The maximum absolute atomic E-state index is 13.6. The van der Waals surface area contributed by atoms with E-state index in [0.717, 1.165) is 25.7 Å². The van der Waals surface area contributed by atoms with Crippen LogP contribution < -0.4 is 0 Å². The van der Waals surface area contributed by atoms with E-state index in [-0.39, 0.29) is 30.7 Å². The summed E-state index contributed by atoms with van der Waals surface area (Å²) in [5, 5.41) is 0. The van der Waals surface area contributed by atoms with Crippen molar-refractivity contribution in [1.82, 2.24) is 9.80 Å². The van der Waals surface area contributed by atoms with Crippen molar-refractivity contribution in [3.63, 3.8) is 0 Å². The molecule has 6 rings (SSSR count). The smallest absolute Gasteiger partial charge is 0.444 e. The van der Waals surface area contributed by atoms with Crippen LogP contribution in [-0.2, 0) is 18.8 Å². The lowest BCUT2D eigenvalue weighted by Gasteiger charge is -2.63. The van der Waals surface area contributed by atoms with E-state index in [9.17, 15) is 9.59 Å². The highest BCUT2D eigenvalue weighted by Gasteiger charge is 2.68. The fraction of sp³-hybridized carbons (Fsp3) is 0.917. The molecule has 2 bridgehead atoms. The SMILES string of the molecule is CC(C)(C)OC(=O)N1CCC[C@H]1C(=O)N1CCC[C@H]1B1O[C@@H]2[C@@H]3C[C@H](C[C@]2(C)O1)C3(C)C. The third-order valence-corrected chi connectivity index (χ3v) is 8.89. The van der Waals surface area contributed by atoms with Gasteiger partial charge in [0.25, 0.3) is 0 Å². The molecular formula is C24H39BN2O5. The van der Waals surface area contributed by atoms with Gasteiger partial charge in [-0.15, -0.1) is 0 Å². The summed E-state index contributed by atoms with van der Waals surface area (Å²) in [5.74, 6) is 1.16. The Bertz CT molecular complexity index is 798. The zero-order chi connectivity index (χ0) is 23.1. The van der Waals surface area contributed by atoms with Gasteiger partial charge in [-0.3, -0.25) is 9.69 Å². The molecule has 2 amide bonds. The molecule has 3 aliphatic carbocycles. The normalized spacial score (nSPS) is 40.3. The minimum Gasteiger partial charge on any atom is -0.444 e. The van der Waals surface area contributed by atoms with Crippen LogP contribution in [0.5, 0.6) is 0 Å². The summed E-state index contributed by atoms with van der Waals surface area (Å²) in [6.45, 7) is 13.8. The Morgan fingerprint density at radius 2 is 1.75 bits per heavy atom. The molecule has 32 heavy (non-hydrogen) atoms. The van der Waals surface area contributed by atoms with Crippen LogP contribution in [0.1, 0.15) is 80.1 Å². The highest BCUT2D eigenvalue weighted by atomic mass is 16.7. The summed E-state index contributed by atoms with van der Waals surface area (Å²) in [6, 6.07) is -0.448. The lowest BCUT2D eigenvalue weighted by atomic mass is 9.45. The molecule has 6 fully saturated rings. The minimum absolute atomic E-state index is 0.0210. The molecule has 0 spiro atoms. The highest BCUT2D eigenvalue weighted by Crippen LogP contribution is 2.64. The molecule has 3 saturated heterocycles. The van der Waals surface area contributed by atoms with Gasteiger partial charge in [-0.25, -0.2) is 4.79 Å². The van der Waals surface area contributed by atoms with Crippen LogP contribution in [0.15, 0.2) is 0 Å². The van der Waals surface area contributed by atoms with E-state index in [1.165, 1.54) is 6.42 Å². The van der Waals surface area contributed by atoms with Crippen molar-refractivity contribution in [3.8, 4) is 0 Å². The van der Waals surface area contributed by atoms with Crippen molar-refractivity contribution in [3.05, 3.63) is 0 Å². The molecule has 3 aliphatic heterocycles. The number of carbonyl (C=O) groups is 2. The van der Waals surface area contributed by atoms with Gasteiger partial charge < -0.3 is 18.9 Å². The quantitative estimate of drug-likeness (QED) is 0.606. The van der Waals surface area contributed by atoms with Crippen molar-refractivity contribution in [2.24, 2.45) is 17.3 Å². The average molecular weight is 446 g/mol. The summed E-state index contributed by atoms with van der Waals surface area (Å²) >= 11 is 0. The first kappa shape index (κ1) is 22.5. The number of hydrogen-bond acceptors (Lipinski definition) is 5. The molecule has 6 atom stereocenters. The molecule has 3 saturated carbocycles. The number of carbonyl (C=O) groups excluding carboxylic acids is 2. The van der Waals surface area contributed by atoms with Crippen molar-refractivity contribution in [2.45, 2.75) is 109 Å². The standard InChI is InChI=1S/C24H39BN2O5/c1-22(2,3)30-21(29)26-11-7-9-17(26)20(28)27-12-8-10-18(27)25-31-19-16-13-15(23(16,4)5)14-24(19,6)32-25/h15-19H,7-14H2,1-6H3/t15-,16+,17+,18+,19-,24+/m1/s1. The first-order valence-electron chi connectivity index (χ1n) is 12.5. The molecule has 0 radical (unpaired) electrons. The summed E-state index contributed by atoms with van der Waals surface area (Å²) in [5.41, 5.74) is -0.512. The Morgan fingerprint density at radius 3 is 2.44 bits per heavy atom. The number of nitrogens with zero attached hydrogens (tertiary/aromatic N) is 2. The highest BCUT2D eigenvalue weighted by molar-refractivity contribution is 6.48. The maximum Gasteiger partial charge on any atom is 0.481 e. The second-order valence-electron chi connectivity index (χ2n) is 12.5. The van der Waals surface area contributed by atoms with Gasteiger partial charge >= 0.3 is 13.2 Å². The molecule has 0 aromatic rings. The van der Waals surface area contributed by atoms with Gasteiger partial charge in [0.05, 0.1) is 17.6 Å². The molecule has 0 N–H and O–H groups in total. The first-order valence-corrected chi connectivity index (χ1v) is 12.5. The van der Waals surface area contributed by atoms with Crippen LogP contribution in [-0.4, -0.2) is 71.3 Å². The van der Waals surface area contributed by atoms with Gasteiger partial charge in [0.2, 0.25) is 5.91 Å². The van der Waals surface area contributed by atoms with Gasteiger partial charge in [0.15, 0.2) is 0 Å². The van der Waals surface area contributed by atoms with Gasteiger partial charge in [-0.05, 0) is 83.5 Å². The van der Waals surface area contributed by atoms with E-state index < -0.39 is 17.7 Å². The molecule has 8 heteroatoms. The molecule has 7 nitrogen and oxygen atoms in total. The summed E-state index contributed by atoms with van der Waals surface area (Å²) in [7, 11) is -0.372. The third kappa shape index (κ3) is 3.47. The van der Waals surface area contributed by atoms with E-state index >= 15 is 0 Å². The molecule has 0 aromatic carbocycles. The van der Waals surface area contributed by atoms with Crippen molar-refractivity contribution >= 4 is 19.1 Å². The van der Waals surface area contributed by atoms with Crippen LogP contribution in [0.4, 0.5) is 4.79 Å². The van der Waals surface area contributed by atoms with Crippen LogP contribution in [0.25, 0.3) is 0 Å². The molecule has 178 valence electrons. The first-order chi connectivity index (χ1) is 14.9. The van der Waals surface area contributed by atoms with Crippen LogP contribution in [0.2, 0.25) is 0 Å². The van der Waals surface area contributed by atoms with E-state index in [4.69, 9.17) is 14.0 Å². The minimum atomic E-state index is -0.574. The Labute approximate surface area is 192 Å². The number of ether oxygens (including phenoxy) is 1. The van der Waals surface area contributed by atoms with Crippen LogP contribution in [0, 0.1) is 17.3 Å². The second kappa shape index (κ2) is 7.36. The fourth-order valence-electron chi connectivity index (χ4n) is 7.01. The second-order valence-corrected chi connectivity index (χ2v) is 12.5.